The SMILES string of the molecule is N[C@@H]1CCCN(c2c(Cl)cnc3[nH]cc(NC(=O)Oc4cnn(Cc5ccccn5)c4)c23)C1. The van der Waals surface area contributed by atoms with Crippen molar-refractivity contribution < 1.29 is 9.53 Å². The number of ether oxygens (including phenoxy) is 1. The molecule has 1 aliphatic heterocycles. The minimum absolute atomic E-state index is 0.0703. The van der Waals surface area contributed by atoms with Crippen molar-refractivity contribution in [3.05, 3.63) is 59.9 Å². The lowest BCUT2D eigenvalue weighted by atomic mass is 10.1. The summed E-state index contributed by atoms with van der Waals surface area (Å²) in [5, 5.41) is 8.24. The molecule has 4 aromatic rings. The summed E-state index contributed by atoms with van der Waals surface area (Å²) in [6, 6.07) is 5.73. The van der Waals surface area contributed by atoms with Crippen molar-refractivity contribution in [1.82, 2.24) is 24.7 Å². The van der Waals surface area contributed by atoms with Gasteiger partial charge in [-0.3, -0.25) is 15.0 Å². The number of fused-ring (bicyclic) bond motifs is 1. The van der Waals surface area contributed by atoms with Gasteiger partial charge in [0, 0.05) is 31.5 Å². The molecule has 0 saturated carbocycles. The quantitative estimate of drug-likeness (QED) is 0.411. The third kappa shape index (κ3) is 4.62. The van der Waals surface area contributed by atoms with Gasteiger partial charge in [0.1, 0.15) is 5.65 Å². The number of anilines is 2. The molecule has 1 atom stereocenters. The summed E-state index contributed by atoms with van der Waals surface area (Å²) in [4.78, 5) is 26.5. The summed E-state index contributed by atoms with van der Waals surface area (Å²) in [6.07, 6.45) is 9.42. The van der Waals surface area contributed by atoms with Crippen molar-refractivity contribution in [2.45, 2.75) is 25.4 Å². The lowest BCUT2D eigenvalue weighted by Crippen LogP contribution is -2.43. The van der Waals surface area contributed by atoms with E-state index >= 15 is 0 Å². The van der Waals surface area contributed by atoms with Crippen molar-refractivity contribution in [3.8, 4) is 5.75 Å². The molecule has 11 heteroatoms. The van der Waals surface area contributed by atoms with E-state index in [-0.39, 0.29) is 6.04 Å². The topological polar surface area (TPSA) is 127 Å². The number of nitrogens with two attached hydrogens (primary N) is 1. The normalized spacial score (nSPS) is 16.2. The van der Waals surface area contributed by atoms with Gasteiger partial charge in [0.05, 0.1) is 52.6 Å². The van der Waals surface area contributed by atoms with Gasteiger partial charge in [0.25, 0.3) is 0 Å². The summed E-state index contributed by atoms with van der Waals surface area (Å²) in [5.74, 6) is 0.321. The maximum Gasteiger partial charge on any atom is 0.417 e. The Balaban J connectivity index is 1.33. The van der Waals surface area contributed by atoms with Gasteiger partial charge >= 0.3 is 6.09 Å². The average molecular weight is 467 g/mol. The van der Waals surface area contributed by atoms with Crippen LogP contribution in [0.4, 0.5) is 16.2 Å². The second-order valence-electron chi connectivity index (χ2n) is 7.94. The zero-order valence-electron chi connectivity index (χ0n) is 17.7. The average Bonchev–Trinajstić information content (AvgIpc) is 3.41. The Morgan fingerprint density at radius 3 is 3.06 bits per heavy atom. The molecule has 4 N–H and O–H groups in total. The van der Waals surface area contributed by atoms with E-state index in [2.05, 4.69) is 30.3 Å². The number of nitrogens with zero attached hydrogens (tertiary/aromatic N) is 5. The first-order valence-electron chi connectivity index (χ1n) is 10.6. The number of amides is 1. The number of carbonyl (C=O) groups is 1. The highest BCUT2D eigenvalue weighted by Gasteiger charge is 2.24. The summed E-state index contributed by atoms with van der Waals surface area (Å²) in [6.45, 7) is 1.99. The molecule has 1 aliphatic rings. The second kappa shape index (κ2) is 9.08. The number of hydrogen-bond acceptors (Lipinski definition) is 7. The lowest BCUT2D eigenvalue weighted by molar-refractivity contribution is 0.215. The monoisotopic (exact) mass is 466 g/mol. The fraction of sp³-hybridized carbons (Fsp3) is 0.273. The van der Waals surface area contributed by atoms with Crippen LogP contribution in [0.25, 0.3) is 11.0 Å². The van der Waals surface area contributed by atoms with Gasteiger partial charge in [0.15, 0.2) is 5.75 Å². The first kappa shape index (κ1) is 21.2. The number of carbonyl (C=O) groups excluding carboxylic acids is 1. The molecule has 1 saturated heterocycles. The number of piperidine rings is 1. The molecule has 5 heterocycles. The molecule has 4 aromatic heterocycles. The molecule has 0 unspecified atom stereocenters. The maximum absolute atomic E-state index is 12.6. The number of rotatable bonds is 5. The Labute approximate surface area is 194 Å². The van der Waals surface area contributed by atoms with E-state index in [1.165, 1.54) is 6.20 Å². The molecule has 0 bridgehead atoms. The highest BCUT2D eigenvalue weighted by molar-refractivity contribution is 6.35. The van der Waals surface area contributed by atoms with Crippen LogP contribution in [0.15, 0.2) is 49.2 Å². The number of halogens is 1. The van der Waals surface area contributed by atoms with Crippen molar-refractivity contribution in [2.24, 2.45) is 5.73 Å². The zero-order valence-corrected chi connectivity index (χ0v) is 18.5. The van der Waals surface area contributed by atoms with Crippen LogP contribution in [0.2, 0.25) is 5.02 Å². The number of aromatic nitrogens is 5. The summed E-state index contributed by atoms with van der Waals surface area (Å²) in [7, 11) is 0. The maximum atomic E-state index is 12.6. The van der Waals surface area contributed by atoms with E-state index in [0.29, 0.717) is 35.2 Å². The Bertz CT molecular complexity index is 1270. The van der Waals surface area contributed by atoms with Crippen LogP contribution in [0, 0.1) is 0 Å². The second-order valence-corrected chi connectivity index (χ2v) is 8.35. The van der Waals surface area contributed by atoms with Gasteiger partial charge in [-0.05, 0) is 25.0 Å². The molecule has 1 amide bonds. The standard InChI is InChI=1S/C22H23ClN8O2/c23-17-9-26-21-19(20(17)30-7-3-4-14(24)11-30)18(10-27-21)29-22(32)33-16-8-28-31(13-16)12-15-5-1-2-6-25-15/h1-2,5-6,8-10,13-14H,3-4,7,11-12,24H2,(H,26,27)(H,29,32)/t14-/m1/s1. The first-order valence-corrected chi connectivity index (χ1v) is 11.0. The first-order chi connectivity index (χ1) is 16.1. The van der Waals surface area contributed by atoms with Crippen molar-refractivity contribution in [2.75, 3.05) is 23.3 Å². The van der Waals surface area contributed by atoms with E-state index in [1.807, 2.05) is 18.2 Å². The minimum atomic E-state index is -0.644. The molecule has 1 fully saturated rings. The summed E-state index contributed by atoms with van der Waals surface area (Å²) < 4.78 is 7.08. The van der Waals surface area contributed by atoms with Gasteiger partial charge < -0.3 is 20.4 Å². The molecule has 0 aromatic carbocycles. The van der Waals surface area contributed by atoms with Crippen LogP contribution >= 0.6 is 11.6 Å². The Hall–Kier alpha value is -3.63. The number of nitrogens with one attached hydrogen (secondary N) is 2. The largest absolute Gasteiger partial charge is 0.417 e. The molecule has 33 heavy (non-hydrogen) atoms. The van der Waals surface area contributed by atoms with Gasteiger partial charge in [-0.15, -0.1) is 0 Å². The van der Waals surface area contributed by atoms with E-state index in [9.17, 15) is 4.79 Å². The Morgan fingerprint density at radius 2 is 2.24 bits per heavy atom. The molecular weight excluding hydrogens is 444 g/mol. The number of pyridine rings is 2. The molecular formula is C22H23ClN8O2. The molecule has 0 radical (unpaired) electrons. The van der Waals surface area contributed by atoms with Gasteiger partial charge in [-0.25, -0.2) is 9.78 Å². The lowest BCUT2D eigenvalue weighted by Gasteiger charge is -2.33. The van der Waals surface area contributed by atoms with Crippen molar-refractivity contribution in [1.29, 1.82) is 0 Å². The highest BCUT2D eigenvalue weighted by atomic mass is 35.5. The van der Waals surface area contributed by atoms with Gasteiger partial charge in [-0.1, -0.05) is 17.7 Å². The van der Waals surface area contributed by atoms with Crippen LogP contribution in [0.5, 0.6) is 5.75 Å². The number of H-pyrrole nitrogens is 1. The van der Waals surface area contributed by atoms with Gasteiger partial charge in [0.2, 0.25) is 0 Å². The smallest absolute Gasteiger partial charge is 0.407 e. The zero-order chi connectivity index (χ0) is 22.8. The third-order valence-corrected chi connectivity index (χ3v) is 5.79. The summed E-state index contributed by atoms with van der Waals surface area (Å²) in [5.41, 5.74) is 8.98. The molecule has 0 aliphatic carbocycles. The van der Waals surface area contributed by atoms with Crippen LogP contribution in [-0.4, -0.2) is 50.0 Å². The van der Waals surface area contributed by atoms with Gasteiger partial charge in [-0.2, -0.15) is 5.10 Å². The van der Waals surface area contributed by atoms with Crippen LogP contribution in [0.3, 0.4) is 0 Å². The highest BCUT2D eigenvalue weighted by Crippen LogP contribution is 2.38. The molecule has 0 spiro atoms. The minimum Gasteiger partial charge on any atom is -0.407 e. The predicted octanol–water partition coefficient (Wildman–Crippen LogP) is 3.39. The van der Waals surface area contributed by atoms with Crippen molar-refractivity contribution in [3.63, 3.8) is 0 Å². The predicted molar refractivity (Wildman–Crippen MR) is 126 cm³/mol. The summed E-state index contributed by atoms with van der Waals surface area (Å²) >= 11 is 6.53. The fourth-order valence-corrected chi connectivity index (χ4v) is 4.32. The van der Waals surface area contributed by atoms with E-state index < -0.39 is 6.09 Å². The molecule has 10 nitrogen and oxygen atoms in total. The van der Waals surface area contributed by atoms with E-state index in [1.54, 1.807) is 29.5 Å². The van der Waals surface area contributed by atoms with Crippen LogP contribution < -0.4 is 20.7 Å². The Kier molecular flexibility index (Phi) is 5.84. The van der Waals surface area contributed by atoms with E-state index in [0.717, 1.165) is 36.2 Å². The van der Waals surface area contributed by atoms with Crippen LogP contribution in [0.1, 0.15) is 18.5 Å². The molecule has 170 valence electrons. The van der Waals surface area contributed by atoms with Crippen LogP contribution in [-0.2, 0) is 6.54 Å². The van der Waals surface area contributed by atoms with Crippen molar-refractivity contribution >= 4 is 40.1 Å². The number of hydrogen-bond donors (Lipinski definition) is 3. The fourth-order valence-electron chi connectivity index (χ4n) is 4.06. The van der Waals surface area contributed by atoms with E-state index in [4.69, 9.17) is 22.1 Å². The number of aromatic amines is 1. The third-order valence-electron chi connectivity index (χ3n) is 5.51. The molecule has 5 rings (SSSR count). The Morgan fingerprint density at radius 1 is 1.33 bits per heavy atom.